The standard InChI is InChI=1S/C25H25ClN2O5/c1-15(24(29)23-13-17-11-18(26)4-6-20(17)33-23)27-19(14-28-7-2-8-28)25(30)16-3-5-21-22(12-16)32-10-9-31-21/h3-6,11-13,19,25,27,30H,1-2,7-10,14H2/t19-,25-/m1/s1. The highest BCUT2D eigenvalue weighted by atomic mass is 35.5. The molecule has 0 amide bonds. The van der Waals surface area contributed by atoms with Crippen molar-refractivity contribution < 1.29 is 23.8 Å². The first kappa shape index (κ1) is 21.8. The van der Waals surface area contributed by atoms with Crippen LogP contribution in [0.5, 0.6) is 11.5 Å². The molecule has 0 spiro atoms. The fourth-order valence-corrected chi connectivity index (χ4v) is 4.29. The van der Waals surface area contributed by atoms with E-state index in [2.05, 4.69) is 16.8 Å². The second kappa shape index (κ2) is 9.09. The molecule has 0 bridgehead atoms. The van der Waals surface area contributed by atoms with E-state index in [9.17, 15) is 9.90 Å². The molecule has 172 valence electrons. The van der Waals surface area contributed by atoms with Gasteiger partial charge in [-0.2, -0.15) is 0 Å². The van der Waals surface area contributed by atoms with Gasteiger partial charge in [0.05, 0.1) is 11.7 Å². The van der Waals surface area contributed by atoms with Gasteiger partial charge in [-0.25, -0.2) is 0 Å². The highest BCUT2D eigenvalue weighted by molar-refractivity contribution is 6.31. The first-order valence-electron chi connectivity index (χ1n) is 11.0. The maximum Gasteiger partial charge on any atom is 0.243 e. The number of fused-ring (bicyclic) bond motifs is 2. The molecule has 2 aliphatic rings. The number of halogens is 1. The lowest BCUT2D eigenvalue weighted by Gasteiger charge is -2.36. The average Bonchev–Trinajstić information content (AvgIpc) is 3.22. The molecule has 3 aromatic rings. The molecule has 8 heteroatoms. The summed E-state index contributed by atoms with van der Waals surface area (Å²) < 4.78 is 16.9. The van der Waals surface area contributed by atoms with Gasteiger partial charge < -0.3 is 29.2 Å². The Morgan fingerprint density at radius 3 is 2.67 bits per heavy atom. The van der Waals surface area contributed by atoms with E-state index in [0.717, 1.165) is 24.9 Å². The predicted molar refractivity (Wildman–Crippen MR) is 125 cm³/mol. The van der Waals surface area contributed by atoms with Crippen LogP contribution in [-0.2, 0) is 0 Å². The Labute approximate surface area is 196 Å². The third kappa shape index (κ3) is 4.57. The van der Waals surface area contributed by atoms with E-state index in [1.807, 2.05) is 6.07 Å². The van der Waals surface area contributed by atoms with Gasteiger partial charge in [0.1, 0.15) is 24.9 Å². The van der Waals surface area contributed by atoms with E-state index in [4.69, 9.17) is 25.5 Å². The largest absolute Gasteiger partial charge is 0.486 e. The van der Waals surface area contributed by atoms with Crippen molar-refractivity contribution in [2.45, 2.75) is 18.6 Å². The molecule has 2 aliphatic heterocycles. The van der Waals surface area contributed by atoms with Crippen LogP contribution in [0.2, 0.25) is 5.02 Å². The van der Waals surface area contributed by atoms with Gasteiger partial charge in [0.2, 0.25) is 5.78 Å². The molecule has 33 heavy (non-hydrogen) atoms. The molecule has 1 saturated heterocycles. The van der Waals surface area contributed by atoms with Crippen molar-refractivity contribution in [2.24, 2.45) is 0 Å². The maximum absolute atomic E-state index is 13.0. The summed E-state index contributed by atoms with van der Waals surface area (Å²) in [4.78, 5) is 15.3. The maximum atomic E-state index is 13.0. The number of likely N-dealkylation sites (tertiary alicyclic amines) is 1. The second-order valence-electron chi connectivity index (χ2n) is 8.35. The number of aliphatic hydroxyl groups is 1. The van der Waals surface area contributed by atoms with Crippen LogP contribution in [-0.4, -0.2) is 54.7 Å². The molecule has 1 fully saturated rings. The van der Waals surface area contributed by atoms with Crippen molar-refractivity contribution in [3.8, 4) is 11.5 Å². The van der Waals surface area contributed by atoms with Crippen LogP contribution in [0.15, 0.2) is 59.2 Å². The van der Waals surface area contributed by atoms with Crippen molar-refractivity contribution >= 4 is 28.4 Å². The smallest absolute Gasteiger partial charge is 0.243 e. The molecule has 3 heterocycles. The SMILES string of the molecule is C=C(N[C@H](CN1CCC1)[C@H](O)c1ccc2c(c1)OCCO2)C(=O)c1cc2cc(Cl)ccc2o1. The number of hydrogen-bond donors (Lipinski definition) is 2. The number of ether oxygens (including phenoxy) is 2. The summed E-state index contributed by atoms with van der Waals surface area (Å²) in [7, 11) is 0. The van der Waals surface area contributed by atoms with Gasteiger partial charge in [0.15, 0.2) is 17.3 Å². The normalized spacial score (nSPS) is 17.3. The molecule has 0 unspecified atom stereocenters. The number of allylic oxidation sites excluding steroid dienone is 1. The lowest BCUT2D eigenvalue weighted by molar-refractivity contribution is 0.0800. The van der Waals surface area contributed by atoms with Crippen LogP contribution in [0.4, 0.5) is 0 Å². The summed E-state index contributed by atoms with van der Waals surface area (Å²) in [5, 5.41) is 15.7. The Bertz CT molecular complexity index is 1200. The van der Waals surface area contributed by atoms with Crippen molar-refractivity contribution in [1.29, 1.82) is 0 Å². The lowest BCUT2D eigenvalue weighted by atomic mass is 9.99. The average molecular weight is 469 g/mol. The number of rotatable bonds is 8. The van der Waals surface area contributed by atoms with Gasteiger partial charge in [0, 0.05) is 17.0 Å². The Morgan fingerprint density at radius 1 is 1.12 bits per heavy atom. The Morgan fingerprint density at radius 2 is 1.91 bits per heavy atom. The fourth-order valence-electron chi connectivity index (χ4n) is 4.11. The number of ketones is 1. The summed E-state index contributed by atoms with van der Waals surface area (Å²) in [6, 6.07) is 11.8. The van der Waals surface area contributed by atoms with Crippen molar-refractivity contribution in [1.82, 2.24) is 10.2 Å². The molecule has 0 saturated carbocycles. The molecule has 7 nitrogen and oxygen atoms in total. The van der Waals surface area contributed by atoms with Crippen LogP contribution in [0.25, 0.3) is 11.0 Å². The van der Waals surface area contributed by atoms with Gasteiger partial charge in [-0.05, 0) is 61.5 Å². The third-order valence-electron chi connectivity index (χ3n) is 6.03. The van der Waals surface area contributed by atoms with Gasteiger partial charge in [-0.1, -0.05) is 24.2 Å². The molecule has 0 aliphatic carbocycles. The molecule has 5 rings (SSSR count). The van der Waals surface area contributed by atoms with Crippen LogP contribution in [0.1, 0.15) is 28.6 Å². The Balaban J connectivity index is 1.35. The van der Waals surface area contributed by atoms with Gasteiger partial charge in [0.25, 0.3) is 0 Å². The molecule has 0 radical (unpaired) electrons. The highest BCUT2D eigenvalue weighted by Crippen LogP contribution is 2.34. The molecule has 2 N–H and O–H groups in total. The van der Waals surface area contributed by atoms with Crippen LogP contribution in [0.3, 0.4) is 0 Å². The van der Waals surface area contributed by atoms with Crippen molar-refractivity contribution in [2.75, 3.05) is 32.8 Å². The first-order chi connectivity index (χ1) is 16.0. The van der Waals surface area contributed by atoms with E-state index in [-0.39, 0.29) is 17.2 Å². The number of nitrogens with one attached hydrogen (secondary N) is 1. The van der Waals surface area contributed by atoms with E-state index < -0.39 is 12.1 Å². The van der Waals surface area contributed by atoms with E-state index in [1.165, 1.54) is 0 Å². The molecule has 1 aromatic heterocycles. The zero-order valence-electron chi connectivity index (χ0n) is 18.1. The summed E-state index contributed by atoms with van der Waals surface area (Å²) in [6.07, 6.45) is 0.231. The number of carbonyl (C=O) groups is 1. The lowest BCUT2D eigenvalue weighted by Crippen LogP contribution is -2.49. The monoisotopic (exact) mass is 468 g/mol. The molecule has 2 atom stereocenters. The summed E-state index contributed by atoms with van der Waals surface area (Å²) in [6.45, 7) is 7.38. The van der Waals surface area contributed by atoms with Crippen molar-refractivity contribution in [3.63, 3.8) is 0 Å². The van der Waals surface area contributed by atoms with Crippen LogP contribution >= 0.6 is 11.6 Å². The molecule has 2 aromatic carbocycles. The quantitative estimate of drug-likeness (QED) is 0.382. The van der Waals surface area contributed by atoms with E-state index >= 15 is 0 Å². The minimum Gasteiger partial charge on any atom is -0.486 e. The van der Waals surface area contributed by atoms with Gasteiger partial charge >= 0.3 is 0 Å². The number of Topliss-reactive ketones (excluding diaryl/α,β-unsaturated/α-hetero) is 1. The molecular weight excluding hydrogens is 444 g/mol. The first-order valence-corrected chi connectivity index (χ1v) is 11.3. The zero-order valence-corrected chi connectivity index (χ0v) is 18.8. The van der Waals surface area contributed by atoms with E-state index in [0.29, 0.717) is 47.4 Å². The summed E-state index contributed by atoms with van der Waals surface area (Å²) in [5.74, 6) is 1.07. The van der Waals surface area contributed by atoms with E-state index in [1.54, 1.807) is 36.4 Å². The third-order valence-corrected chi connectivity index (χ3v) is 6.26. The highest BCUT2D eigenvalue weighted by Gasteiger charge is 2.29. The number of furan rings is 1. The molecular formula is C25H25ClN2O5. The Kier molecular flexibility index (Phi) is 6.01. The predicted octanol–water partition coefficient (Wildman–Crippen LogP) is 3.95. The zero-order chi connectivity index (χ0) is 22.9. The van der Waals surface area contributed by atoms with Crippen molar-refractivity contribution in [3.05, 3.63) is 71.1 Å². The van der Waals surface area contributed by atoms with Gasteiger partial charge in [-0.3, -0.25) is 4.79 Å². The minimum absolute atomic E-state index is 0.155. The number of nitrogens with zero attached hydrogens (tertiary/aromatic N) is 1. The van der Waals surface area contributed by atoms with Gasteiger partial charge in [-0.15, -0.1) is 0 Å². The number of hydrogen-bond acceptors (Lipinski definition) is 7. The van der Waals surface area contributed by atoms with Crippen LogP contribution in [0, 0.1) is 0 Å². The number of benzene rings is 2. The Hall–Kier alpha value is -3.00. The summed E-state index contributed by atoms with van der Waals surface area (Å²) in [5.41, 5.74) is 1.40. The fraction of sp³-hybridized carbons (Fsp3) is 0.320. The second-order valence-corrected chi connectivity index (χ2v) is 8.79. The van der Waals surface area contributed by atoms with Crippen LogP contribution < -0.4 is 14.8 Å². The minimum atomic E-state index is -0.888. The summed E-state index contributed by atoms with van der Waals surface area (Å²) >= 11 is 6.04. The number of carbonyl (C=O) groups excluding carboxylic acids is 1. The topological polar surface area (TPSA) is 84.2 Å². The number of aliphatic hydroxyl groups excluding tert-OH is 1.